The van der Waals surface area contributed by atoms with Gasteiger partial charge in [-0.05, 0) is 38.1 Å². The number of aliphatic hydroxyl groups is 1. The lowest BCUT2D eigenvalue weighted by Crippen LogP contribution is -2.49. The third-order valence-electron chi connectivity index (χ3n) is 5.50. The summed E-state index contributed by atoms with van der Waals surface area (Å²) < 4.78 is 12.0. The molecule has 29 heavy (non-hydrogen) atoms. The number of hydrogen-bond acceptors (Lipinski definition) is 5. The lowest BCUT2D eigenvalue weighted by atomic mass is 10.0. The number of piperazine rings is 1. The molecule has 1 N–H and O–H groups in total. The molecule has 0 aromatic heterocycles. The minimum Gasteiger partial charge on any atom is -0.487 e. The van der Waals surface area contributed by atoms with E-state index in [4.69, 9.17) is 21.1 Å². The number of halogens is 1. The summed E-state index contributed by atoms with van der Waals surface area (Å²) in [6.07, 6.45) is 0.330. The molecule has 0 spiro atoms. The largest absolute Gasteiger partial charge is 0.487 e. The van der Waals surface area contributed by atoms with E-state index < -0.39 is 6.10 Å². The molecule has 1 unspecified atom stereocenters. The van der Waals surface area contributed by atoms with Gasteiger partial charge < -0.3 is 19.5 Å². The summed E-state index contributed by atoms with van der Waals surface area (Å²) in [7, 11) is 0. The number of anilines is 1. The van der Waals surface area contributed by atoms with Crippen LogP contribution in [-0.2, 0) is 6.42 Å². The van der Waals surface area contributed by atoms with Gasteiger partial charge in [-0.15, -0.1) is 0 Å². The molecule has 6 heteroatoms. The molecule has 2 aromatic rings. The van der Waals surface area contributed by atoms with Crippen molar-refractivity contribution in [3.8, 4) is 11.5 Å². The van der Waals surface area contributed by atoms with Crippen molar-refractivity contribution in [1.82, 2.24) is 4.90 Å². The van der Waals surface area contributed by atoms with Crippen molar-refractivity contribution in [1.29, 1.82) is 0 Å². The van der Waals surface area contributed by atoms with E-state index in [-0.39, 0.29) is 12.2 Å². The van der Waals surface area contributed by atoms with Crippen molar-refractivity contribution in [2.75, 3.05) is 44.2 Å². The summed E-state index contributed by atoms with van der Waals surface area (Å²) in [4.78, 5) is 4.61. The lowest BCUT2D eigenvalue weighted by molar-refractivity contribution is 0.0632. The molecule has 1 atom stereocenters. The van der Waals surface area contributed by atoms with E-state index >= 15 is 0 Å². The first kappa shape index (κ1) is 20.3. The zero-order chi connectivity index (χ0) is 20.4. The van der Waals surface area contributed by atoms with Gasteiger partial charge in [-0.25, -0.2) is 0 Å². The molecule has 2 aromatic carbocycles. The van der Waals surface area contributed by atoms with Gasteiger partial charge in [-0.1, -0.05) is 29.8 Å². The molecule has 156 valence electrons. The number of para-hydroxylation sites is 1. The Balaban J connectivity index is 1.26. The van der Waals surface area contributed by atoms with Crippen LogP contribution in [0.2, 0.25) is 5.02 Å². The Labute approximate surface area is 177 Å². The zero-order valence-corrected chi connectivity index (χ0v) is 17.9. The van der Waals surface area contributed by atoms with Gasteiger partial charge in [0.2, 0.25) is 0 Å². The van der Waals surface area contributed by atoms with Crippen LogP contribution in [0, 0.1) is 0 Å². The van der Waals surface area contributed by atoms with Crippen molar-refractivity contribution in [2.24, 2.45) is 0 Å². The van der Waals surface area contributed by atoms with Gasteiger partial charge in [0.05, 0.1) is 0 Å². The topological polar surface area (TPSA) is 45.2 Å². The van der Waals surface area contributed by atoms with Gasteiger partial charge in [0.25, 0.3) is 0 Å². The first-order valence-corrected chi connectivity index (χ1v) is 10.6. The first-order chi connectivity index (χ1) is 13.9. The van der Waals surface area contributed by atoms with Gasteiger partial charge >= 0.3 is 0 Å². The molecule has 0 saturated carbocycles. The molecular weight excluding hydrogens is 388 g/mol. The highest BCUT2D eigenvalue weighted by molar-refractivity contribution is 6.30. The van der Waals surface area contributed by atoms with E-state index in [1.54, 1.807) is 0 Å². The van der Waals surface area contributed by atoms with Crippen LogP contribution in [0.4, 0.5) is 5.69 Å². The van der Waals surface area contributed by atoms with Crippen LogP contribution in [0.15, 0.2) is 42.5 Å². The molecule has 0 bridgehead atoms. The third-order valence-corrected chi connectivity index (χ3v) is 5.74. The van der Waals surface area contributed by atoms with E-state index in [1.807, 2.05) is 30.3 Å². The minimum atomic E-state index is -0.544. The van der Waals surface area contributed by atoms with Crippen molar-refractivity contribution in [2.45, 2.75) is 32.0 Å². The smallest absolute Gasteiger partial charge is 0.165 e. The molecule has 2 aliphatic rings. The van der Waals surface area contributed by atoms with E-state index in [2.05, 4.69) is 35.8 Å². The van der Waals surface area contributed by atoms with E-state index in [1.165, 1.54) is 5.56 Å². The van der Waals surface area contributed by atoms with Crippen LogP contribution in [0.1, 0.15) is 19.4 Å². The van der Waals surface area contributed by atoms with Gasteiger partial charge in [0.1, 0.15) is 18.3 Å². The van der Waals surface area contributed by atoms with Crippen molar-refractivity contribution < 1.29 is 14.6 Å². The number of nitrogens with zero attached hydrogens (tertiary/aromatic N) is 2. The van der Waals surface area contributed by atoms with Gasteiger partial charge in [-0.3, -0.25) is 4.90 Å². The number of hydrogen-bond donors (Lipinski definition) is 1. The molecule has 0 radical (unpaired) electrons. The average Bonchev–Trinajstić information content (AvgIpc) is 3.01. The highest BCUT2D eigenvalue weighted by Gasteiger charge is 2.32. The Morgan fingerprint density at radius 3 is 2.66 bits per heavy atom. The van der Waals surface area contributed by atoms with Crippen molar-refractivity contribution in [3.63, 3.8) is 0 Å². The summed E-state index contributed by atoms with van der Waals surface area (Å²) >= 11 is 6.10. The Hall–Kier alpha value is -1.95. The third kappa shape index (κ3) is 4.97. The maximum Gasteiger partial charge on any atom is 0.165 e. The summed E-state index contributed by atoms with van der Waals surface area (Å²) in [6.45, 7) is 8.66. The van der Waals surface area contributed by atoms with Crippen LogP contribution >= 0.6 is 11.6 Å². The summed E-state index contributed by atoms with van der Waals surface area (Å²) in [5.74, 6) is 1.54. The molecule has 5 nitrogen and oxygen atoms in total. The van der Waals surface area contributed by atoms with Crippen molar-refractivity contribution in [3.05, 3.63) is 53.1 Å². The molecule has 1 fully saturated rings. The van der Waals surface area contributed by atoms with E-state index in [9.17, 15) is 5.11 Å². The van der Waals surface area contributed by atoms with Crippen LogP contribution < -0.4 is 14.4 Å². The normalized spacial score (nSPS) is 19.5. The van der Waals surface area contributed by atoms with Gasteiger partial charge in [0.15, 0.2) is 11.5 Å². The zero-order valence-electron chi connectivity index (χ0n) is 17.1. The Bertz CT molecular complexity index is 850. The second-order valence-corrected chi connectivity index (χ2v) is 8.95. The number of rotatable bonds is 6. The highest BCUT2D eigenvalue weighted by Crippen LogP contribution is 2.41. The highest BCUT2D eigenvalue weighted by atomic mass is 35.5. The fraction of sp³-hybridized carbons (Fsp3) is 0.478. The molecule has 2 heterocycles. The fourth-order valence-corrected chi connectivity index (χ4v) is 4.28. The summed E-state index contributed by atoms with van der Waals surface area (Å²) in [5, 5.41) is 11.3. The first-order valence-electron chi connectivity index (χ1n) is 10.2. The quantitative estimate of drug-likeness (QED) is 0.779. The standard InChI is InChI=1S/C23H29ClN2O3/c1-23(2)14-17-5-3-8-21(22(17)29-23)28-16-20(27)15-25-9-11-26(12-10-25)19-7-4-6-18(24)13-19/h3-8,13,20,27H,9-12,14-16H2,1-2H3. The average molecular weight is 417 g/mol. The number of aliphatic hydroxyl groups excluding tert-OH is 1. The maximum atomic E-state index is 10.5. The van der Waals surface area contributed by atoms with Crippen LogP contribution in [0.25, 0.3) is 0 Å². The molecule has 0 aliphatic carbocycles. The summed E-state index contributed by atoms with van der Waals surface area (Å²) in [5.41, 5.74) is 2.12. The summed E-state index contributed by atoms with van der Waals surface area (Å²) in [6, 6.07) is 13.9. The molecule has 0 amide bonds. The number of benzene rings is 2. The SMILES string of the molecule is CC1(C)Cc2cccc(OCC(O)CN3CCN(c4cccc(Cl)c4)CC3)c2O1. The number of fused-ring (bicyclic) bond motifs is 1. The number of ether oxygens (including phenoxy) is 2. The number of β-amino-alcohol motifs (C(OH)–C–C–N with tert-alkyl or cyclic N) is 1. The fourth-order valence-electron chi connectivity index (χ4n) is 4.10. The van der Waals surface area contributed by atoms with Crippen LogP contribution in [0.5, 0.6) is 11.5 Å². The Morgan fingerprint density at radius 2 is 1.90 bits per heavy atom. The van der Waals surface area contributed by atoms with Gasteiger partial charge in [-0.2, -0.15) is 0 Å². The predicted molar refractivity (Wildman–Crippen MR) is 116 cm³/mol. The molecule has 4 rings (SSSR count). The Kier molecular flexibility index (Phi) is 5.91. The Morgan fingerprint density at radius 1 is 1.14 bits per heavy atom. The van der Waals surface area contributed by atoms with E-state index in [0.717, 1.165) is 54.8 Å². The minimum absolute atomic E-state index is 0.205. The maximum absolute atomic E-state index is 10.5. The second-order valence-electron chi connectivity index (χ2n) is 8.52. The molecular formula is C23H29ClN2O3. The van der Waals surface area contributed by atoms with Crippen molar-refractivity contribution >= 4 is 17.3 Å². The second kappa shape index (κ2) is 8.42. The molecule has 1 saturated heterocycles. The van der Waals surface area contributed by atoms with Crippen LogP contribution in [0.3, 0.4) is 0 Å². The molecule has 2 aliphatic heterocycles. The van der Waals surface area contributed by atoms with Crippen LogP contribution in [-0.4, -0.2) is 61.0 Å². The monoisotopic (exact) mass is 416 g/mol. The van der Waals surface area contributed by atoms with E-state index in [0.29, 0.717) is 6.54 Å². The van der Waals surface area contributed by atoms with Gasteiger partial charge in [0, 0.05) is 55.4 Å². The lowest BCUT2D eigenvalue weighted by Gasteiger charge is -2.36. The predicted octanol–water partition coefficient (Wildman–Crippen LogP) is 3.62.